The van der Waals surface area contributed by atoms with Gasteiger partial charge in [0.2, 0.25) is 7.37 Å². The highest BCUT2D eigenvalue weighted by Gasteiger charge is 2.50. The maximum Gasteiger partial charge on any atom is 0.419 e. The number of rotatable bonds is 11. The van der Waals surface area contributed by atoms with Gasteiger partial charge in [0.15, 0.2) is 5.90 Å². The molecule has 5 nitrogen and oxygen atoms in total. The highest BCUT2D eigenvalue weighted by molar-refractivity contribution is 7.62. The van der Waals surface area contributed by atoms with Gasteiger partial charge in [0.25, 0.3) is 0 Å². The van der Waals surface area contributed by atoms with Crippen LogP contribution in [0.1, 0.15) is 89.1 Å². The van der Waals surface area contributed by atoms with Crippen molar-refractivity contribution in [1.82, 2.24) is 0 Å². The van der Waals surface area contributed by atoms with Gasteiger partial charge in [-0.25, -0.2) is 4.99 Å². The summed E-state index contributed by atoms with van der Waals surface area (Å²) in [5, 5.41) is -1.39. The van der Waals surface area contributed by atoms with E-state index < -0.39 is 70.8 Å². The second kappa shape index (κ2) is 13.9. The van der Waals surface area contributed by atoms with E-state index in [1.807, 2.05) is 41.5 Å². The number of ether oxygens (including phenoxy) is 2. The minimum Gasteiger partial charge on any atom is -0.493 e. The second-order valence-corrected chi connectivity index (χ2v) is 18.0. The van der Waals surface area contributed by atoms with Crippen LogP contribution in [-0.2, 0) is 45.2 Å². The van der Waals surface area contributed by atoms with Crippen molar-refractivity contribution in [3.05, 3.63) is 64.2 Å². The van der Waals surface area contributed by atoms with Gasteiger partial charge in [-0.05, 0) is 67.1 Å². The molecule has 0 N–H and O–H groups in total. The summed E-state index contributed by atoms with van der Waals surface area (Å²) in [5.41, 5.74) is -5.00. The van der Waals surface area contributed by atoms with Crippen LogP contribution in [0, 0.1) is 0 Å². The predicted molar refractivity (Wildman–Crippen MR) is 165 cm³/mol. The zero-order chi connectivity index (χ0) is 36.6. The fourth-order valence-corrected chi connectivity index (χ4v) is 8.80. The molecule has 2 aromatic rings. The standard InChI is InChI=1S/C33H41F9NO4P/c1-21-43-30(19-46-21,20-47-48(44,28(2,3)4)29(5,6)7)13-12-22-10-11-27(26(17-22)33(40,41)42)45-14-8-9-23-15-24(31(34,35)36)18-25(16-23)32(37,38)39/h10-11,15-18H,8-9,12-14,19-20H2,1-7H3. The van der Waals surface area contributed by atoms with E-state index in [9.17, 15) is 44.1 Å². The van der Waals surface area contributed by atoms with Gasteiger partial charge in [-0.2, -0.15) is 39.5 Å². The van der Waals surface area contributed by atoms with Gasteiger partial charge in [-0.3, -0.25) is 4.57 Å². The summed E-state index contributed by atoms with van der Waals surface area (Å²) in [7, 11) is -3.28. The fraction of sp³-hybridized carbons (Fsp3) is 0.606. The summed E-state index contributed by atoms with van der Waals surface area (Å²) in [6, 6.07) is 4.65. The Morgan fingerprint density at radius 3 is 1.81 bits per heavy atom. The van der Waals surface area contributed by atoms with Gasteiger partial charge in [-0.15, -0.1) is 0 Å². The Balaban J connectivity index is 1.75. The molecule has 1 heterocycles. The first-order chi connectivity index (χ1) is 21.7. The normalized spacial score (nSPS) is 18.1. The van der Waals surface area contributed by atoms with Gasteiger partial charge in [-0.1, -0.05) is 47.6 Å². The van der Waals surface area contributed by atoms with Gasteiger partial charge in [0.05, 0.1) is 29.9 Å². The molecule has 0 bridgehead atoms. The van der Waals surface area contributed by atoms with Crippen molar-refractivity contribution < 1.29 is 58.1 Å². The van der Waals surface area contributed by atoms with Crippen LogP contribution in [-0.4, -0.2) is 41.6 Å². The Kier molecular flexibility index (Phi) is 11.5. The molecule has 0 aromatic heterocycles. The lowest BCUT2D eigenvalue weighted by Gasteiger charge is -2.41. The number of alkyl halides is 9. The van der Waals surface area contributed by atoms with Crippen molar-refractivity contribution in [2.24, 2.45) is 4.99 Å². The fourth-order valence-electron chi connectivity index (χ4n) is 5.60. The van der Waals surface area contributed by atoms with E-state index in [1.165, 1.54) is 6.07 Å². The Bertz CT molecular complexity index is 1470. The third-order valence-electron chi connectivity index (χ3n) is 7.97. The first-order valence-electron chi connectivity index (χ1n) is 15.2. The maximum absolute atomic E-state index is 14.1. The Labute approximate surface area is 274 Å². The average Bonchev–Trinajstić information content (AvgIpc) is 3.31. The minimum absolute atomic E-state index is 0.00939. The van der Waals surface area contributed by atoms with Crippen LogP contribution in [0.3, 0.4) is 0 Å². The third-order valence-corrected chi connectivity index (χ3v) is 12.0. The van der Waals surface area contributed by atoms with Gasteiger partial charge in [0.1, 0.15) is 17.9 Å². The molecule has 48 heavy (non-hydrogen) atoms. The molecule has 0 aliphatic carbocycles. The molecule has 2 aromatic carbocycles. The van der Waals surface area contributed by atoms with E-state index in [0.717, 1.165) is 12.1 Å². The highest BCUT2D eigenvalue weighted by Crippen LogP contribution is 2.68. The topological polar surface area (TPSA) is 57.1 Å². The molecule has 0 spiro atoms. The SMILES string of the molecule is CC1=NC(CCc2ccc(OCCCc3cc(C(F)(F)F)cc(C(F)(F)F)c3)c(C(F)(F)F)c2)(COP(=O)(C(C)(C)C)C(C)(C)C)CO1. The minimum atomic E-state index is -5.01. The maximum atomic E-state index is 14.1. The van der Waals surface area contributed by atoms with Crippen LogP contribution in [0.5, 0.6) is 5.75 Å². The molecular weight excluding hydrogens is 676 g/mol. The van der Waals surface area contributed by atoms with Crippen LogP contribution in [0.4, 0.5) is 39.5 Å². The van der Waals surface area contributed by atoms with Gasteiger partial charge >= 0.3 is 18.5 Å². The molecule has 3 rings (SSSR count). The molecule has 1 unspecified atom stereocenters. The predicted octanol–water partition coefficient (Wildman–Crippen LogP) is 10.8. The summed E-state index contributed by atoms with van der Waals surface area (Å²) in [6.45, 7) is 12.2. The van der Waals surface area contributed by atoms with Gasteiger partial charge < -0.3 is 14.0 Å². The van der Waals surface area contributed by atoms with Crippen molar-refractivity contribution in [1.29, 1.82) is 0 Å². The van der Waals surface area contributed by atoms with Gasteiger partial charge in [0, 0.05) is 17.2 Å². The van der Waals surface area contributed by atoms with E-state index in [2.05, 4.69) is 4.99 Å². The molecule has 270 valence electrons. The van der Waals surface area contributed by atoms with E-state index in [0.29, 0.717) is 23.6 Å². The average molecular weight is 718 g/mol. The molecule has 1 aliphatic rings. The van der Waals surface area contributed by atoms with Crippen LogP contribution in [0.25, 0.3) is 0 Å². The van der Waals surface area contributed by atoms with Crippen molar-refractivity contribution in [2.45, 2.75) is 109 Å². The van der Waals surface area contributed by atoms with Crippen molar-refractivity contribution >= 4 is 13.3 Å². The summed E-state index contributed by atoms with van der Waals surface area (Å²) in [4.78, 5) is 4.58. The molecule has 0 radical (unpaired) electrons. The van der Waals surface area contributed by atoms with Crippen LogP contribution < -0.4 is 4.74 Å². The van der Waals surface area contributed by atoms with E-state index >= 15 is 0 Å². The molecule has 0 saturated heterocycles. The van der Waals surface area contributed by atoms with E-state index in [4.69, 9.17) is 14.0 Å². The summed E-state index contributed by atoms with van der Waals surface area (Å²) in [6.07, 6.45) is -15.0. The molecule has 0 saturated carbocycles. The number of benzene rings is 2. The lowest BCUT2D eigenvalue weighted by molar-refractivity contribution is -0.143. The number of halogens is 9. The lowest BCUT2D eigenvalue weighted by Crippen LogP contribution is -2.38. The molecule has 0 fully saturated rings. The largest absolute Gasteiger partial charge is 0.493 e. The number of aliphatic imine (C=N–C) groups is 1. The third kappa shape index (κ3) is 9.70. The molecule has 1 aliphatic heterocycles. The lowest BCUT2D eigenvalue weighted by atomic mass is 9.93. The van der Waals surface area contributed by atoms with Crippen LogP contribution in [0.15, 0.2) is 41.4 Å². The number of nitrogens with zero attached hydrogens (tertiary/aromatic N) is 1. The Hall–Kier alpha value is -2.73. The monoisotopic (exact) mass is 717 g/mol. The number of hydrogen-bond donors (Lipinski definition) is 0. The summed E-state index contributed by atoms with van der Waals surface area (Å²) in [5.74, 6) is -0.155. The first-order valence-corrected chi connectivity index (χ1v) is 16.8. The van der Waals surface area contributed by atoms with Crippen molar-refractivity contribution in [3.8, 4) is 5.75 Å². The first kappa shape index (κ1) is 39.7. The molecular formula is C33H41F9NO4P. The van der Waals surface area contributed by atoms with E-state index in [-0.39, 0.29) is 50.5 Å². The second-order valence-electron chi connectivity index (χ2n) is 14.0. The van der Waals surface area contributed by atoms with Crippen molar-refractivity contribution in [2.75, 3.05) is 19.8 Å². The van der Waals surface area contributed by atoms with Crippen LogP contribution in [0.2, 0.25) is 0 Å². The zero-order valence-electron chi connectivity index (χ0n) is 27.8. The van der Waals surface area contributed by atoms with Crippen LogP contribution >= 0.6 is 7.37 Å². The molecule has 1 atom stereocenters. The number of aryl methyl sites for hydroxylation is 2. The quantitative estimate of drug-likeness (QED) is 0.132. The Morgan fingerprint density at radius 1 is 0.792 bits per heavy atom. The summed E-state index contributed by atoms with van der Waals surface area (Å²) >= 11 is 0. The smallest absolute Gasteiger partial charge is 0.419 e. The summed E-state index contributed by atoms with van der Waals surface area (Å²) < 4.78 is 152. The Morgan fingerprint density at radius 2 is 1.35 bits per heavy atom. The molecule has 0 amide bonds. The van der Waals surface area contributed by atoms with Crippen molar-refractivity contribution in [3.63, 3.8) is 0 Å². The number of hydrogen-bond acceptors (Lipinski definition) is 5. The van der Waals surface area contributed by atoms with E-state index in [1.54, 1.807) is 6.92 Å². The zero-order valence-corrected chi connectivity index (χ0v) is 28.7. The molecule has 15 heteroatoms. The highest BCUT2D eigenvalue weighted by atomic mass is 31.2.